The third-order valence-electron chi connectivity index (χ3n) is 6.93. The number of nitrogens with zero attached hydrogens (tertiary/aromatic N) is 2. The van der Waals surface area contributed by atoms with Gasteiger partial charge in [0.05, 0.1) is 17.7 Å². The quantitative estimate of drug-likeness (QED) is 0.277. The van der Waals surface area contributed by atoms with Crippen molar-refractivity contribution in [2.75, 3.05) is 18.0 Å². The van der Waals surface area contributed by atoms with E-state index in [2.05, 4.69) is 5.32 Å². The summed E-state index contributed by atoms with van der Waals surface area (Å²) in [6, 6.07) is 19.1. The van der Waals surface area contributed by atoms with Crippen LogP contribution in [0.3, 0.4) is 0 Å². The number of rotatable bonds is 13. The Kier molecular flexibility index (Phi) is 11.2. The van der Waals surface area contributed by atoms with Gasteiger partial charge in [0.1, 0.15) is 18.3 Å². The van der Waals surface area contributed by atoms with Gasteiger partial charge in [-0.25, -0.2) is 8.42 Å². The van der Waals surface area contributed by atoms with E-state index in [0.29, 0.717) is 17.2 Å². The summed E-state index contributed by atoms with van der Waals surface area (Å²) >= 11 is 6.38. The van der Waals surface area contributed by atoms with Crippen molar-refractivity contribution in [1.82, 2.24) is 10.2 Å². The second-order valence-electron chi connectivity index (χ2n) is 9.87. The van der Waals surface area contributed by atoms with Crippen LogP contribution >= 0.6 is 11.6 Å². The molecule has 1 N–H and O–H groups in total. The van der Waals surface area contributed by atoms with E-state index in [4.69, 9.17) is 16.3 Å². The Balaban J connectivity index is 2.08. The fourth-order valence-corrected chi connectivity index (χ4v) is 5.92. The van der Waals surface area contributed by atoms with Crippen molar-refractivity contribution >= 4 is 39.1 Å². The molecule has 0 unspecified atom stereocenters. The van der Waals surface area contributed by atoms with Crippen LogP contribution in [0.25, 0.3) is 0 Å². The smallest absolute Gasteiger partial charge is 0.264 e. The van der Waals surface area contributed by atoms with E-state index >= 15 is 0 Å². The lowest BCUT2D eigenvalue weighted by Gasteiger charge is -2.34. The van der Waals surface area contributed by atoms with Gasteiger partial charge in [0, 0.05) is 17.6 Å². The van der Waals surface area contributed by atoms with Crippen molar-refractivity contribution in [2.24, 2.45) is 0 Å². The van der Waals surface area contributed by atoms with Gasteiger partial charge in [-0.1, -0.05) is 61.8 Å². The minimum Gasteiger partial charge on any atom is -0.497 e. The summed E-state index contributed by atoms with van der Waals surface area (Å²) in [4.78, 5) is 29.0. The van der Waals surface area contributed by atoms with Crippen LogP contribution in [0.4, 0.5) is 5.69 Å². The van der Waals surface area contributed by atoms with Gasteiger partial charge in [0.2, 0.25) is 11.8 Å². The SMILES string of the molecule is CC[C@@H](C)NC(=O)[C@H](CC)N(Cc1cccc(OC)c1)C(=O)CN(c1ccc(C)c(Cl)c1)S(=O)(=O)c1ccccc1. The van der Waals surface area contributed by atoms with Gasteiger partial charge in [-0.3, -0.25) is 13.9 Å². The fraction of sp³-hybridized carbons (Fsp3) is 0.355. The lowest BCUT2D eigenvalue weighted by molar-refractivity contribution is -0.140. The molecule has 8 nitrogen and oxygen atoms in total. The monoisotopic (exact) mass is 599 g/mol. The standard InChI is InChI=1S/C31H38ClN3O5S/c1-6-23(4)33-31(37)29(7-2)34(20-24-12-11-13-26(18-24)40-5)30(36)21-35(25-17-16-22(3)28(32)19-25)41(38,39)27-14-9-8-10-15-27/h8-19,23,29H,6-7,20-21H2,1-5H3,(H,33,37)/t23-,29+/m1/s1. The number of ether oxygens (including phenoxy) is 1. The molecule has 0 aromatic heterocycles. The first-order valence-electron chi connectivity index (χ1n) is 13.6. The van der Waals surface area contributed by atoms with Crippen LogP contribution in [0.5, 0.6) is 5.75 Å². The number of carbonyl (C=O) groups excluding carboxylic acids is 2. The van der Waals surface area contributed by atoms with Crippen LogP contribution in [0, 0.1) is 6.92 Å². The number of hydrogen-bond donors (Lipinski definition) is 1. The van der Waals surface area contributed by atoms with E-state index in [1.807, 2.05) is 33.8 Å². The van der Waals surface area contributed by atoms with Gasteiger partial charge in [-0.15, -0.1) is 0 Å². The summed E-state index contributed by atoms with van der Waals surface area (Å²) in [7, 11) is -2.61. The Labute approximate surface area is 248 Å². The maximum Gasteiger partial charge on any atom is 0.264 e. The molecular weight excluding hydrogens is 562 g/mol. The number of aryl methyl sites for hydroxylation is 1. The number of carbonyl (C=O) groups is 2. The molecule has 0 heterocycles. The van der Waals surface area contributed by atoms with E-state index in [-0.39, 0.29) is 29.1 Å². The summed E-state index contributed by atoms with van der Waals surface area (Å²) in [6.07, 6.45) is 1.06. The topological polar surface area (TPSA) is 96.0 Å². The number of methoxy groups -OCH3 is 1. The molecular formula is C31H38ClN3O5S. The first-order chi connectivity index (χ1) is 19.5. The van der Waals surface area contributed by atoms with Gasteiger partial charge in [-0.2, -0.15) is 0 Å². The van der Waals surface area contributed by atoms with Crippen molar-refractivity contribution in [3.63, 3.8) is 0 Å². The van der Waals surface area contributed by atoms with Crippen LogP contribution in [-0.4, -0.2) is 50.9 Å². The third kappa shape index (κ3) is 8.01. The summed E-state index contributed by atoms with van der Waals surface area (Å²) in [6.45, 7) is 7.04. The van der Waals surface area contributed by atoms with Crippen LogP contribution < -0.4 is 14.4 Å². The minimum atomic E-state index is -4.16. The predicted octanol–water partition coefficient (Wildman–Crippen LogP) is 5.57. The van der Waals surface area contributed by atoms with Gasteiger partial charge in [-0.05, 0) is 74.2 Å². The summed E-state index contributed by atoms with van der Waals surface area (Å²) in [5, 5.41) is 3.34. The van der Waals surface area contributed by atoms with Crippen molar-refractivity contribution in [3.05, 3.63) is 88.9 Å². The zero-order valence-corrected chi connectivity index (χ0v) is 25.7. The zero-order valence-electron chi connectivity index (χ0n) is 24.1. The minimum absolute atomic E-state index is 0.0328. The Bertz CT molecular complexity index is 1450. The van der Waals surface area contributed by atoms with Crippen LogP contribution in [0.15, 0.2) is 77.7 Å². The molecule has 220 valence electrons. The second-order valence-corrected chi connectivity index (χ2v) is 12.1. The molecule has 0 saturated carbocycles. The molecule has 2 amide bonds. The van der Waals surface area contributed by atoms with Crippen molar-refractivity contribution in [1.29, 1.82) is 0 Å². The molecule has 41 heavy (non-hydrogen) atoms. The molecule has 0 radical (unpaired) electrons. The van der Waals surface area contributed by atoms with Crippen molar-refractivity contribution < 1.29 is 22.7 Å². The number of hydrogen-bond acceptors (Lipinski definition) is 5. The number of nitrogens with one attached hydrogen (secondary N) is 1. The van der Waals surface area contributed by atoms with Gasteiger partial charge in [0.15, 0.2) is 0 Å². The highest BCUT2D eigenvalue weighted by molar-refractivity contribution is 7.92. The van der Waals surface area contributed by atoms with E-state index in [1.54, 1.807) is 55.6 Å². The lowest BCUT2D eigenvalue weighted by Crippen LogP contribution is -2.53. The van der Waals surface area contributed by atoms with Gasteiger partial charge >= 0.3 is 0 Å². The molecule has 3 rings (SSSR count). The highest BCUT2D eigenvalue weighted by Crippen LogP contribution is 2.29. The number of benzene rings is 3. The molecule has 0 fully saturated rings. The normalized spacial score (nSPS) is 12.7. The molecule has 0 aliphatic rings. The molecule has 0 bridgehead atoms. The van der Waals surface area contributed by atoms with Gasteiger partial charge < -0.3 is 15.0 Å². The average molecular weight is 600 g/mol. The first-order valence-corrected chi connectivity index (χ1v) is 15.4. The Morgan fingerprint density at radius 3 is 2.29 bits per heavy atom. The van der Waals surface area contributed by atoms with Crippen LogP contribution in [0.1, 0.15) is 44.7 Å². The maximum atomic E-state index is 14.2. The highest BCUT2D eigenvalue weighted by Gasteiger charge is 2.34. The number of anilines is 1. The van der Waals surface area contributed by atoms with E-state index in [0.717, 1.165) is 21.9 Å². The lowest BCUT2D eigenvalue weighted by atomic mass is 10.1. The highest BCUT2D eigenvalue weighted by atomic mass is 35.5. The zero-order chi connectivity index (χ0) is 30.2. The predicted molar refractivity (Wildman–Crippen MR) is 163 cm³/mol. The second kappa shape index (κ2) is 14.4. The molecule has 0 saturated heterocycles. The molecule has 0 aliphatic carbocycles. The third-order valence-corrected chi connectivity index (χ3v) is 9.12. The molecule has 0 spiro atoms. The Morgan fingerprint density at radius 2 is 1.68 bits per heavy atom. The van der Waals surface area contributed by atoms with Crippen LogP contribution in [-0.2, 0) is 26.2 Å². The number of halogens is 1. The van der Waals surface area contributed by atoms with E-state index < -0.39 is 28.5 Å². The largest absolute Gasteiger partial charge is 0.497 e. The van der Waals surface area contributed by atoms with Crippen LogP contribution in [0.2, 0.25) is 5.02 Å². The molecule has 2 atom stereocenters. The first kappa shape index (κ1) is 32.0. The number of sulfonamides is 1. The fourth-order valence-electron chi connectivity index (χ4n) is 4.31. The van der Waals surface area contributed by atoms with E-state index in [9.17, 15) is 18.0 Å². The van der Waals surface area contributed by atoms with Crippen molar-refractivity contribution in [3.8, 4) is 5.75 Å². The molecule has 3 aromatic rings. The Morgan fingerprint density at radius 1 is 0.976 bits per heavy atom. The van der Waals surface area contributed by atoms with Crippen molar-refractivity contribution in [2.45, 2.75) is 64.1 Å². The van der Waals surface area contributed by atoms with E-state index in [1.165, 1.54) is 23.1 Å². The summed E-state index contributed by atoms with van der Waals surface area (Å²) in [5.41, 5.74) is 1.76. The number of amides is 2. The Hall–Kier alpha value is -3.56. The average Bonchev–Trinajstić information content (AvgIpc) is 2.97. The maximum absolute atomic E-state index is 14.2. The summed E-state index contributed by atoms with van der Waals surface area (Å²) in [5.74, 6) is -0.223. The molecule has 0 aliphatic heterocycles. The summed E-state index contributed by atoms with van der Waals surface area (Å²) < 4.78 is 34.2. The molecule has 3 aromatic carbocycles. The van der Waals surface area contributed by atoms with Gasteiger partial charge in [0.25, 0.3) is 10.0 Å². The molecule has 10 heteroatoms.